The summed E-state index contributed by atoms with van der Waals surface area (Å²) in [6, 6.07) is 0.386. The van der Waals surface area contributed by atoms with Gasteiger partial charge in [0.2, 0.25) is 0 Å². The molecule has 0 aromatic carbocycles. The van der Waals surface area contributed by atoms with Crippen LogP contribution in [0.25, 0.3) is 0 Å². The van der Waals surface area contributed by atoms with Crippen molar-refractivity contribution in [3.05, 3.63) is 0 Å². The minimum atomic E-state index is -0.128. The molecule has 18 heavy (non-hydrogen) atoms. The van der Waals surface area contributed by atoms with Crippen molar-refractivity contribution in [2.45, 2.75) is 58.0 Å². The van der Waals surface area contributed by atoms with Crippen molar-refractivity contribution in [3.8, 4) is 0 Å². The average molecular weight is 272 g/mol. The van der Waals surface area contributed by atoms with E-state index >= 15 is 0 Å². The Balaban J connectivity index is 2.64. The highest BCUT2D eigenvalue weighted by Gasteiger charge is 2.37. The Morgan fingerprint density at radius 1 is 1.50 bits per heavy atom. The summed E-state index contributed by atoms with van der Waals surface area (Å²) in [6.45, 7) is 5.14. The Morgan fingerprint density at radius 2 is 2.17 bits per heavy atom. The largest absolute Gasteiger partial charge is 0.465 e. The first kappa shape index (κ1) is 15.4. The van der Waals surface area contributed by atoms with Crippen LogP contribution < -0.4 is 5.73 Å². The smallest absolute Gasteiger partial charge is 0.323 e. The lowest BCUT2D eigenvalue weighted by molar-refractivity contribution is -0.150. The van der Waals surface area contributed by atoms with Gasteiger partial charge in [0.25, 0.3) is 0 Å². The van der Waals surface area contributed by atoms with Gasteiger partial charge < -0.3 is 10.5 Å². The lowest BCUT2D eigenvalue weighted by Crippen LogP contribution is -2.44. The summed E-state index contributed by atoms with van der Waals surface area (Å²) in [6.07, 6.45) is 4.81. The number of thiocarbonyl (C=S) groups is 1. The maximum Gasteiger partial charge on any atom is 0.323 e. The molecule has 1 fully saturated rings. The van der Waals surface area contributed by atoms with Gasteiger partial charge in [0.1, 0.15) is 6.04 Å². The topological polar surface area (TPSA) is 55.6 Å². The number of carbonyl (C=O) groups excluding carboxylic acids is 1. The molecule has 5 heteroatoms. The number of ether oxygens (including phenoxy) is 1. The van der Waals surface area contributed by atoms with E-state index in [4.69, 9.17) is 22.7 Å². The molecule has 1 aliphatic rings. The Morgan fingerprint density at radius 3 is 2.61 bits per heavy atom. The lowest BCUT2D eigenvalue weighted by atomic mass is 10.1. The maximum atomic E-state index is 12.0. The van der Waals surface area contributed by atoms with Crippen LogP contribution in [0.2, 0.25) is 0 Å². The van der Waals surface area contributed by atoms with Crippen LogP contribution in [0.15, 0.2) is 0 Å². The summed E-state index contributed by atoms with van der Waals surface area (Å²) in [5.41, 5.74) is 5.56. The van der Waals surface area contributed by atoms with Crippen molar-refractivity contribution in [2.24, 2.45) is 5.73 Å². The summed E-state index contributed by atoms with van der Waals surface area (Å²) in [4.78, 5) is 14.8. The van der Waals surface area contributed by atoms with Gasteiger partial charge in [-0.25, -0.2) is 0 Å². The molecule has 1 unspecified atom stereocenters. The highest BCUT2D eigenvalue weighted by atomic mass is 32.1. The number of nitrogens with zero attached hydrogens (tertiary/aromatic N) is 1. The molecule has 0 aromatic heterocycles. The SMILES string of the molecule is CCCC(C(=O)OCC)N(CCC(N)=S)C1CC1. The molecule has 0 aliphatic heterocycles. The second-order valence-corrected chi connectivity index (χ2v) is 5.27. The number of nitrogens with two attached hydrogens (primary N) is 1. The number of carbonyl (C=O) groups is 1. The highest BCUT2D eigenvalue weighted by Crippen LogP contribution is 2.30. The van der Waals surface area contributed by atoms with E-state index in [-0.39, 0.29) is 12.0 Å². The van der Waals surface area contributed by atoms with Gasteiger partial charge in [0, 0.05) is 19.0 Å². The molecular formula is C13H24N2O2S. The van der Waals surface area contributed by atoms with Crippen LogP contribution in [0.4, 0.5) is 0 Å². The molecule has 0 radical (unpaired) electrons. The quantitative estimate of drug-likeness (QED) is 0.513. The van der Waals surface area contributed by atoms with Crippen LogP contribution >= 0.6 is 12.2 Å². The monoisotopic (exact) mass is 272 g/mol. The molecule has 1 rings (SSSR count). The fourth-order valence-corrected chi connectivity index (χ4v) is 2.26. The molecule has 4 nitrogen and oxygen atoms in total. The van der Waals surface area contributed by atoms with Crippen LogP contribution in [0, 0.1) is 0 Å². The minimum Gasteiger partial charge on any atom is -0.465 e. The van der Waals surface area contributed by atoms with Crippen molar-refractivity contribution in [2.75, 3.05) is 13.2 Å². The molecule has 0 amide bonds. The van der Waals surface area contributed by atoms with E-state index in [9.17, 15) is 4.79 Å². The predicted octanol–water partition coefficient (Wildman–Crippen LogP) is 1.86. The third kappa shape index (κ3) is 4.90. The molecule has 0 heterocycles. The normalized spacial score (nSPS) is 16.6. The van der Waals surface area contributed by atoms with Gasteiger partial charge in [-0.3, -0.25) is 9.69 Å². The fourth-order valence-electron chi connectivity index (χ4n) is 2.17. The number of rotatable bonds is 9. The summed E-state index contributed by atoms with van der Waals surface area (Å²) >= 11 is 4.92. The van der Waals surface area contributed by atoms with E-state index in [1.807, 2.05) is 6.92 Å². The maximum absolute atomic E-state index is 12.0. The molecular weight excluding hydrogens is 248 g/mol. The predicted molar refractivity (Wildman–Crippen MR) is 76.5 cm³/mol. The van der Waals surface area contributed by atoms with Gasteiger partial charge in [0.15, 0.2) is 0 Å². The van der Waals surface area contributed by atoms with Gasteiger partial charge in [0.05, 0.1) is 11.6 Å². The van der Waals surface area contributed by atoms with Crippen molar-refractivity contribution in [1.29, 1.82) is 0 Å². The summed E-state index contributed by atoms with van der Waals surface area (Å²) in [7, 11) is 0. The first-order valence-electron chi connectivity index (χ1n) is 6.80. The Bertz CT molecular complexity index is 293. The molecule has 0 spiro atoms. The van der Waals surface area contributed by atoms with E-state index < -0.39 is 0 Å². The molecule has 1 atom stereocenters. The zero-order chi connectivity index (χ0) is 13.5. The van der Waals surface area contributed by atoms with E-state index in [0.717, 1.165) is 32.2 Å². The van der Waals surface area contributed by atoms with Crippen molar-refractivity contribution < 1.29 is 9.53 Å². The van der Waals surface area contributed by atoms with E-state index in [1.165, 1.54) is 0 Å². The first-order chi connectivity index (χ1) is 8.60. The molecule has 2 N–H and O–H groups in total. The Hall–Kier alpha value is -0.680. The van der Waals surface area contributed by atoms with Crippen molar-refractivity contribution in [3.63, 3.8) is 0 Å². The summed E-state index contributed by atoms with van der Waals surface area (Å²) in [5, 5.41) is 0. The van der Waals surface area contributed by atoms with Crippen LogP contribution in [0.3, 0.4) is 0 Å². The van der Waals surface area contributed by atoms with Gasteiger partial charge in [-0.2, -0.15) is 0 Å². The average Bonchev–Trinajstić information content (AvgIpc) is 3.12. The molecule has 0 saturated heterocycles. The highest BCUT2D eigenvalue weighted by molar-refractivity contribution is 7.80. The third-order valence-electron chi connectivity index (χ3n) is 3.15. The second-order valence-electron chi connectivity index (χ2n) is 4.74. The number of hydrogen-bond donors (Lipinski definition) is 1. The van der Waals surface area contributed by atoms with Crippen molar-refractivity contribution >= 4 is 23.2 Å². The lowest BCUT2D eigenvalue weighted by Gasteiger charge is -2.29. The van der Waals surface area contributed by atoms with E-state index in [2.05, 4.69) is 11.8 Å². The number of esters is 1. The molecule has 104 valence electrons. The summed E-state index contributed by atoms with van der Waals surface area (Å²) in [5.74, 6) is -0.103. The Kier molecular flexibility index (Phi) is 6.57. The molecule has 0 aromatic rings. The molecule has 1 aliphatic carbocycles. The van der Waals surface area contributed by atoms with Gasteiger partial charge in [-0.15, -0.1) is 0 Å². The van der Waals surface area contributed by atoms with Crippen LogP contribution in [-0.2, 0) is 9.53 Å². The second kappa shape index (κ2) is 7.69. The van der Waals surface area contributed by atoms with Crippen LogP contribution in [0.1, 0.15) is 46.0 Å². The summed E-state index contributed by atoms with van der Waals surface area (Å²) < 4.78 is 5.18. The standard InChI is InChI=1S/C13H24N2O2S/c1-3-5-11(13(16)17-4-2)15(10-6-7-10)9-8-12(14)18/h10-11H,3-9H2,1-2H3,(H2,14,18). The van der Waals surface area contributed by atoms with E-state index in [1.54, 1.807) is 0 Å². The zero-order valence-electron chi connectivity index (χ0n) is 11.4. The minimum absolute atomic E-state index is 0.103. The van der Waals surface area contributed by atoms with Gasteiger partial charge >= 0.3 is 5.97 Å². The van der Waals surface area contributed by atoms with Gasteiger partial charge in [-0.1, -0.05) is 25.6 Å². The van der Waals surface area contributed by atoms with Crippen LogP contribution in [-0.4, -0.2) is 41.1 Å². The van der Waals surface area contributed by atoms with Crippen LogP contribution in [0.5, 0.6) is 0 Å². The Labute approximate surface area is 115 Å². The number of hydrogen-bond acceptors (Lipinski definition) is 4. The molecule has 1 saturated carbocycles. The van der Waals surface area contributed by atoms with Crippen molar-refractivity contribution in [1.82, 2.24) is 4.90 Å². The zero-order valence-corrected chi connectivity index (χ0v) is 12.2. The molecule has 0 bridgehead atoms. The van der Waals surface area contributed by atoms with E-state index in [0.29, 0.717) is 24.1 Å². The third-order valence-corrected chi connectivity index (χ3v) is 3.36. The first-order valence-corrected chi connectivity index (χ1v) is 7.21. The van der Waals surface area contributed by atoms with Gasteiger partial charge in [-0.05, 0) is 26.2 Å². The fraction of sp³-hybridized carbons (Fsp3) is 0.846.